The molecule has 4 aliphatic carbocycles. The van der Waals surface area contributed by atoms with Crippen LogP contribution in [0.4, 0.5) is 0 Å². The smallest absolute Gasteiger partial charge is 0.0657 e. The Labute approximate surface area is 73.1 Å². The Morgan fingerprint density at radius 1 is 1.08 bits per heavy atom. The summed E-state index contributed by atoms with van der Waals surface area (Å²) >= 11 is 0. The topological polar surface area (TPSA) is 46.2 Å². The molecule has 4 bridgehead atoms. The Morgan fingerprint density at radius 2 is 1.67 bits per heavy atom. The van der Waals surface area contributed by atoms with E-state index < -0.39 is 0 Å². The maximum absolute atomic E-state index is 10.2. The van der Waals surface area contributed by atoms with Crippen molar-refractivity contribution in [3.05, 3.63) is 0 Å². The van der Waals surface area contributed by atoms with Gasteiger partial charge < -0.3 is 10.8 Å². The molecule has 0 aromatic carbocycles. The van der Waals surface area contributed by atoms with E-state index in [1.54, 1.807) is 0 Å². The molecule has 0 aliphatic heterocycles. The van der Waals surface area contributed by atoms with Crippen molar-refractivity contribution >= 4 is 0 Å². The fourth-order valence-corrected chi connectivity index (χ4v) is 4.02. The van der Waals surface area contributed by atoms with E-state index in [-0.39, 0.29) is 5.60 Å². The molecule has 0 aromatic rings. The highest BCUT2D eigenvalue weighted by atomic mass is 16.3. The summed E-state index contributed by atoms with van der Waals surface area (Å²) in [6, 6.07) is 0.404. The zero-order chi connectivity index (χ0) is 8.34. The van der Waals surface area contributed by atoms with Crippen LogP contribution >= 0.6 is 0 Å². The minimum atomic E-state index is -0.299. The highest BCUT2D eigenvalue weighted by Gasteiger charge is 2.53. The fourth-order valence-electron chi connectivity index (χ4n) is 4.02. The molecule has 4 rings (SSSR count). The number of nitrogens with two attached hydrogens (primary N) is 1. The van der Waals surface area contributed by atoms with Crippen LogP contribution in [0.2, 0.25) is 0 Å². The lowest BCUT2D eigenvalue weighted by Gasteiger charge is -2.57. The lowest BCUT2D eigenvalue weighted by atomic mass is 9.52. The molecule has 4 saturated carbocycles. The molecular formula is C10H17NO. The molecule has 2 heteroatoms. The van der Waals surface area contributed by atoms with Crippen LogP contribution in [0.15, 0.2) is 0 Å². The van der Waals surface area contributed by atoms with Gasteiger partial charge in [-0.3, -0.25) is 0 Å². The molecule has 4 fully saturated rings. The molecule has 12 heavy (non-hydrogen) atoms. The second-order valence-electron chi connectivity index (χ2n) is 5.27. The summed E-state index contributed by atoms with van der Waals surface area (Å²) in [5.41, 5.74) is 5.82. The summed E-state index contributed by atoms with van der Waals surface area (Å²) < 4.78 is 0. The van der Waals surface area contributed by atoms with Crippen molar-refractivity contribution in [1.29, 1.82) is 0 Å². The zero-order valence-electron chi connectivity index (χ0n) is 7.37. The van der Waals surface area contributed by atoms with Gasteiger partial charge in [0.05, 0.1) is 5.60 Å². The van der Waals surface area contributed by atoms with Crippen LogP contribution in [0, 0.1) is 17.8 Å². The van der Waals surface area contributed by atoms with Crippen LogP contribution in [0.3, 0.4) is 0 Å². The third-order valence-electron chi connectivity index (χ3n) is 4.31. The van der Waals surface area contributed by atoms with Gasteiger partial charge in [0.25, 0.3) is 0 Å². The number of aliphatic hydroxyl groups is 1. The second kappa shape index (κ2) is 2.05. The van der Waals surface area contributed by atoms with Crippen LogP contribution in [0.1, 0.15) is 32.1 Å². The summed E-state index contributed by atoms with van der Waals surface area (Å²) in [4.78, 5) is 0. The lowest BCUT2D eigenvalue weighted by molar-refractivity contribution is -0.132. The van der Waals surface area contributed by atoms with Crippen molar-refractivity contribution in [2.24, 2.45) is 23.5 Å². The molecule has 68 valence electrons. The third-order valence-corrected chi connectivity index (χ3v) is 4.31. The van der Waals surface area contributed by atoms with Gasteiger partial charge in [-0.25, -0.2) is 0 Å². The molecule has 0 heterocycles. The molecule has 2 nitrogen and oxygen atoms in total. The van der Waals surface area contributed by atoms with Gasteiger partial charge in [0.2, 0.25) is 0 Å². The average molecular weight is 167 g/mol. The molecule has 0 spiro atoms. The van der Waals surface area contributed by atoms with E-state index in [1.165, 1.54) is 12.8 Å². The van der Waals surface area contributed by atoms with Crippen molar-refractivity contribution in [2.75, 3.05) is 0 Å². The van der Waals surface area contributed by atoms with Crippen molar-refractivity contribution in [3.63, 3.8) is 0 Å². The molecule has 0 aromatic heterocycles. The van der Waals surface area contributed by atoms with Crippen molar-refractivity contribution in [2.45, 2.75) is 43.7 Å². The van der Waals surface area contributed by atoms with E-state index in [0.717, 1.165) is 25.2 Å². The molecule has 1 unspecified atom stereocenters. The van der Waals surface area contributed by atoms with Gasteiger partial charge in [0, 0.05) is 6.04 Å². The molecule has 0 saturated heterocycles. The summed E-state index contributed by atoms with van der Waals surface area (Å²) in [5, 5.41) is 10.2. The first-order valence-electron chi connectivity index (χ1n) is 5.14. The van der Waals surface area contributed by atoms with E-state index >= 15 is 0 Å². The number of hydrogen-bond acceptors (Lipinski definition) is 2. The SMILES string of the molecule is NC1[C@@H]2C[C@@H]3C[C@H]1C[C@@](O)(C3)C2. The fraction of sp³-hybridized carbons (Fsp3) is 1.00. The zero-order valence-corrected chi connectivity index (χ0v) is 7.37. The maximum atomic E-state index is 10.2. The lowest BCUT2D eigenvalue weighted by Crippen LogP contribution is -2.59. The monoisotopic (exact) mass is 167 g/mol. The van der Waals surface area contributed by atoms with Crippen molar-refractivity contribution < 1.29 is 5.11 Å². The Kier molecular flexibility index (Phi) is 1.25. The second-order valence-corrected chi connectivity index (χ2v) is 5.27. The third kappa shape index (κ3) is 0.826. The highest BCUT2D eigenvalue weighted by Crippen LogP contribution is 2.54. The first-order chi connectivity index (χ1) is 5.66. The predicted octanol–water partition coefficient (Wildman–Crippen LogP) is 0.885. The molecule has 5 atom stereocenters. The van der Waals surface area contributed by atoms with Crippen LogP contribution in [-0.4, -0.2) is 16.7 Å². The van der Waals surface area contributed by atoms with Crippen molar-refractivity contribution in [1.82, 2.24) is 0 Å². The Balaban J connectivity index is 1.95. The number of hydrogen-bond donors (Lipinski definition) is 2. The highest BCUT2D eigenvalue weighted by molar-refractivity contribution is 5.06. The van der Waals surface area contributed by atoms with Gasteiger partial charge in [-0.15, -0.1) is 0 Å². The maximum Gasteiger partial charge on any atom is 0.0657 e. The van der Waals surface area contributed by atoms with E-state index in [1.807, 2.05) is 0 Å². The molecule has 0 radical (unpaired) electrons. The van der Waals surface area contributed by atoms with E-state index in [2.05, 4.69) is 0 Å². The molecular weight excluding hydrogens is 150 g/mol. The Hall–Kier alpha value is -0.0800. The van der Waals surface area contributed by atoms with Crippen LogP contribution in [0.5, 0.6) is 0 Å². The number of rotatable bonds is 0. The quantitative estimate of drug-likeness (QED) is 0.562. The summed E-state index contributed by atoms with van der Waals surface area (Å²) in [7, 11) is 0. The van der Waals surface area contributed by atoms with Crippen LogP contribution in [0.25, 0.3) is 0 Å². The normalized spacial score (nSPS) is 62.5. The first-order valence-corrected chi connectivity index (χ1v) is 5.14. The average Bonchev–Trinajstić information content (AvgIpc) is 1.96. The first kappa shape index (κ1) is 7.34. The van der Waals surface area contributed by atoms with E-state index in [4.69, 9.17) is 5.73 Å². The summed E-state index contributed by atoms with van der Waals surface area (Å²) in [5.74, 6) is 2.08. The minimum absolute atomic E-state index is 0.299. The van der Waals surface area contributed by atoms with Gasteiger partial charge in [0.15, 0.2) is 0 Å². The van der Waals surface area contributed by atoms with Crippen LogP contribution in [-0.2, 0) is 0 Å². The predicted molar refractivity (Wildman–Crippen MR) is 46.5 cm³/mol. The summed E-state index contributed by atoms with van der Waals surface area (Å²) in [6.07, 6.45) is 5.62. The standard InChI is InChI=1S/C10H17NO/c11-9-7-1-6-2-8(9)5-10(12,3-6)4-7/h6-9,12H,1-5,11H2/t6-,7-,8+,9?,10-. The molecule has 0 amide bonds. The minimum Gasteiger partial charge on any atom is -0.390 e. The van der Waals surface area contributed by atoms with Gasteiger partial charge >= 0.3 is 0 Å². The summed E-state index contributed by atoms with van der Waals surface area (Å²) in [6.45, 7) is 0. The van der Waals surface area contributed by atoms with Crippen molar-refractivity contribution in [3.8, 4) is 0 Å². The Bertz CT molecular complexity index is 200. The van der Waals surface area contributed by atoms with Crippen LogP contribution < -0.4 is 5.73 Å². The van der Waals surface area contributed by atoms with Gasteiger partial charge in [-0.05, 0) is 49.9 Å². The van der Waals surface area contributed by atoms with Gasteiger partial charge in [-0.1, -0.05) is 0 Å². The molecule has 4 aliphatic rings. The van der Waals surface area contributed by atoms with Gasteiger partial charge in [-0.2, -0.15) is 0 Å². The van der Waals surface area contributed by atoms with E-state index in [0.29, 0.717) is 17.9 Å². The largest absolute Gasteiger partial charge is 0.390 e. The van der Waals surface area contributed by atoms with E-state index in [9.17, 15) is 5.11 Å². The van der Waals surface area contributed by atoms with Gasteiger partial charge in [0.1, 0.15) is 0 Å². The molecule has 3 N–H and O–H groups in total. The Morgan fingerprint density at radius 3 is 2.17 bits per heavy atom.